The van der Waals surface area contributed by atoms with E-state index in [9.17, 15) is 4.79 Å². The zero-order valence-electron chi connectivity index (χ0n) is 10.7. The molecule has 0 unspecified atom stereocenters. The van der Waals surface area contributed by atoms with Crippen molar-refractivity contribution in [2.45, 2.75) is 25.5 Å². The van der Waals surface area contributed by atoms with Gasteiger partial charge >= 0.3 is 0 Å². The number of amides is 1. The van der Waals surface area contributed by atoms with Crippen molar-refractivity contribution in [1.82, 2.24) is 20.1 Å². The zero-order chi connectivity index (χ0) is 13.5. The molecule has 0 aromatic carbocycles. The maximum Gasteiger partial charge on any atom is 0.230 e. The van der Waals surface area contributed by atoms with Crippen molar-refractivity contribution in [2.24, 2.45) is 5.92 Å². The molecule has 0 radical (unpaired) electrons. The Balaban J connectivity index is 2.48. The normalized spacial score (nSPS) is 10.6. The van der Waals surface area contributed by atoms with Crippen LogP contribution >= 0.6 is 11.8 Å². The molecule has 1 amide bonds. The van der Waals surface area contributed by atoms with Gasteiger partial charge in [-0.2, -0.15) is 0 Å². The van der Waals surface area contributed by atoms with Crippen LogP contribution in [-0.4, -0.2) is 33.0 Å². The quantitative estimate of drug-likeness (QED) is 0.567. The first-order chi connectivity index (χ1) is 8.54. The van der Waals surface area contributed by atoms with E-state index in [1.165, 1.54) is 11.8 Å². The molecule has 0 aliphatic heterocycles. The minimum atomic E-state index is -0.0135. The van der Waals surface area contributed by atoms with Crippen molar-refractivity contribution >= 4 is 23.6 Å². The SMILES string of the molecule is C=CCn1c(N)nnc1SCC(=O)NCC(C)C. The van der Waals surface area contributed by atoms with Crippen LogP contribution in [0, 0.1) is 5.92 Å². The highest BCUT2D eigenvalue weighted by molar-refractivity contribution is 7.99. The van der Waals surface area contributed by atoms with Gasteiger partial charge in [0.1, 0.15) is 0 Å². The fraction of sp³-hybridized carbons (Fsp3) is 0.545. The molecule has 0 aliphatic rings. The minimum absolute atomic E-state index is 0.0135. The van der Waals surface area contributed by atoms with Crippen LogP contribution in [0.1, 0.15) is 13.8 Å². The van der Waals surface area contributed by atoms with Gasteiger partial charge in [0.25, 0.3) is 0 Å². The summed E-state index contributed by atoms with van der Waals surface area (Å²) in [5, 5.41) is 11.2. The van der Waals surface area contributed by atoms with Gasteiger partial charge in [0.05, 0.1) is 5.75 Å². The standard InChI is InChI=1S/C11H19N5OS/c1-4-5-16-10(12)14-15-11(16)18-7-9(17)13-6-8(2)3/h4,8H,1,5-7H2,2-3H3,(H2,12,14)(H,13,17). The number of rotatable bonds is 7. The highest BCUT2D eigenvalue weighted by Crippen LogP contribution is 2.17. The van der Waals surface area contributed by atoms with Gasteiger partial charge in [0.2, 0.25) is 11.9 Å². The Morgan fingerprint density at radius 2 is 2.33 bits per heavy atom. The van der Waals surface area contributed by atoms with E-state index < -0.39 is 0 Å². The van der Waals surface area contributed by atoms with Gasteiger partial charge in [-0.05, 0) is 5.92 Å². The summed E-state index contributed by atoms with van der Waals surface area (Å²) in [6, 6.07) is 0. The van der Waals surface area contributed by atoms with Crippen molar-refractivity contribution in [3.05, 3.63) is 12.7 Å². The molecular formula is C11H19N5OS. The molecular weight excluding hydrogens is 250 g/mol. The van der Waals surface area contributed by atoms with Gasteiger partial charge in [-0.25, -0.2) is 0 Å². The van der Waals surface area contributed by atoms with E-state index >= 15 is 0 Å². The summed E-state index contributed by atoms with van der Waals surface area (Å²) >= 11 is 1.32. The molecule has 0 spiro atoms. The molecule has 0 saturated carbocycles. The van der Waals surface area contributed by atoms with E-state index in [4.69, 9.17) is 5.73 Å². The predicted octanol–water partition coefficient (Wildman–Crippen LogP) is 0.911. The number of nitrogen functional groups attached to an aromatic ring is 1. The molecule has 0 saturated heterocycles. The molecule has 0 atom stereocenters. The maximum absolute atomic E-state index is 11.6. The second kappa shape index (κ2) is 7.05. The summed E-state index contributed by atoms with van der Waals surface area (Å²) in [6.45, 7) is 8.96. The van der Waals surface area contributed by atoms with Crippen LogP contribution in [0.25, 0.3) is 0 Å². The highest BCUT2D eigenvalue weighted by Gasteiger charge is 2.11. The Labute approximate surface area is 111 Å². The topological polar surface area (TPSA) is 85.8 Å². The molecule has 0 aliphatic carbocycles. The largest absolute Gasteiger partial charge is 0.368 e. The molecule has 3 N–H and O–H groups in total. The summed E-state index contributed by atoms with van der Waals surface area (Å²) < 4.78 is 1.72. The lowest BCUT2D eigenvalue weighted by Gasteiger charge is -2.07. The first kappa shape index (κ1) is 14.6. The fourth-order valence-corrected chi connectivity index (χ4v) is 1.99. The number of nitrogens with two attached hydrogens (primary N) is 1. The van der Waals surface area contributed by atoms with E-state index in [0.29, 0.717) is 35.9 Å². The average Bonchev–Trinajstić information content (AvgIpc) is 2.66. The molecule has 100 valence electrons. The monoisotopic (exact) mass is 269 g/mol. The van der Waals surface area contributed by atoms with E-state index in [0.717, 1.165) is 0 Å². The first-order valence-corrected chi connectivity index (χ1v) is 6.72. The van der Waals surface area contributed by atoms with Crippen molar-refractivity contribution in [3.63, 3.8) is 0 Å². The summed E-state index contributed by atoms with van der Waals surface area (Å²) in [5.41, 5.74) is 5.66. The molecule has 7 heteroatoms. The van der Waals surface area contributed by atoms with Crippen molar-refractivity contribution in [2.75, 3.05) is 18.0 Å². The van der Waals surface area contributed by atoms with Gasteiger partial charge in [-0.15, -0.1) is 16.8 Å². The molecule has 1 heterocycles. The van der Waals surface area contributed by atoms with Crippen LogP contribution in [0.15, 0.2) is 17.8 Å². The summed E-state index contributed by atoms with van der Waals surface area (Å²) in [4.78, 5) is 11.6. The van der Waals surface area contributed by atoms with Crippen molar-refractivity contribution in [1.29, 1.82) is 0 Å². The fourth-order valence-electron chi connectivity index (χ4n) is 1.21. The van der Waals surface area contributed by atoms with Crippen LogP contribution in [0.2, 0.25) is 0 Å². The molecule has 1 rings (SSSR count). The lowest BCUT2D eigenvalue weighted by Crippen LogP contribution is -2.28. The number of nitrogens with one attached hydrogen (secondary N) is 1. The van der Waals surface area contributed by atoms with Gasteiger partial charge in [-0.3, -0.25) is 9.36 Å². The molecule has 1 aromatic heterocycles. The highest BCUT2D eigenvalue weighted by atomic mass is 32.2. The summed E-state index contributed by atoms with van der Waals surface area (Å²) in [6.07, 6.45) is 1.71. The van der Waals surface area contributed by atoms with Crippen LogP contribution < -0.4 is 11.1 Å². The van der Waals surface area contributed by atoms with E-state index in [-0.39, 0.29) is 5.91 Å². The van der Waals surface area contributed by atoms with Crippen molar-refractivity contribution in [3.8, 4) is 0 Å². The first-order valence-electron chi connectivity index (χ1n) is 5.73. The Morgan fingerprint density at radius 3 is 2.94 bits per heavy atom. The maximum atomic E-state index is 11.6. The number of anilines is 1. The van der Waals surface area contributed by atoms with E-state index in [1.807, 2.05) is 0 Å². The number of aromatic nitrogens is 3. The Morgan fingerprint density at radius 1 is 1.61 bits per heavy atom. The number of allylic oxidation sites excluding steroid dienone is 1. The smallest absolute Gasteiger partial charge is 0.230 e. The molecule has 0 bridgehead atoms. The Bertz CT molecular complexity index is 416. The number of nitrogens with zero attached hydrogens (tertiary/aromatic N) is 3. The van der Waals surface area contributed by atoms with Crippen molar-refractivity contribution < 1.29 is 4.79 Å². The third-order valence-electron chi connectivity index (χ3n) is 2.10. The number of carbonyl (C=O) groups is 1. The lowest BCUT2D eigenvalue weighted by molar-refractivity contribution is -0.118. The minimum Gasteiger partial charge on any atom is -0.368 e. The van der Waals surface area contributed by atoms with Crippen LogP contribution in [-0.2, 0) is 11.3 Å². The predicted molar refractivity (Wildman–Crippen MR) is 73.2 cm³/mol. The van der Waals surface area contributed by atoms with E-state index in [1.54, 1.807) is 10.6 Å². The lowest BCUT2D eigenvalue weighted by atomic mass is 10.2. The summed E-state index contributed by atoms with van der Waals surface area (Å²) in [7, 11) is 0. The third kappa shape index (κ3) is 4.40. The van der Waals surface area contributed by atoms with Gasteiger partial charge < -0.3 is 11.1 Å². The summed E-state index contributed by atoms with van der Waals surface area (Å²) in [5.74, 6) is 1.07. The third-order valence-corrected chi connectivity index (χ3v) is 3.06. The van der Waals surface area contributed by atoms with Gasteiger partial charge in [0, 0.05) is 13.1 Å². The molecule has 1 aromatic rings. The molecule has 18 heavy (non-hydrogen) atoms. The average molecular weight is 269 g/mol. The molecule has 0 fully saturated rings. The Hall–Kier alpha value is -1.50. The number of hydrogen-bond donors (Lipinski definition) is 2. The Kier molecular flexibility index (Phi) is 5.70. The zero-order valence-corrected chi connectivity index (χ0v) is 11.5. The second-order valence-corrected chi connectivity index (χ2v) is 5.17. The van der Waals surface area contributed by atoms with Crippen LogP contribution in [0.4, 0.5) is 5.95 Å². The van der Waals surface area contributed by atoms with Crippen LogP contribution in [0.5, 0.6) is 0 Å². The van der Waals surface area contributed by atoms with E-state index in [2.05, 4.69) is 35.9 Å². The number of hydrogen-bond acceptors (Lipinski definition) is 5. The van der Waals surface area contributed by atoms with Gasteiger partial charge in [0.15, 0.2) is 5.16 Å². The van der Waals surface area contributed by atoms with Crippen LogP contribution in [0.3, 0.4) is 0 Å². The number of thioether (sulfide) groups is 1. The van der Waals surface area contributed by atoms with Gasteiger partial charge in [-0.1, -0.05) is 31.7 Å². The second-order valence-electron chi connectivity index (χ2n) is 4.23. The number of carbonyl (C=O) groups excluding carboxylic acids is 1. The molecule has 6 nitrogen and oxygen atoms in total.